The third kappa shape index (κ3) is 2.25. The number of benzene rings is 2. The molecule has 0 saturated carbocycles. The fraction of sp³-hybridized carbons (Fsp3) is 0.0714. The molecule has 2 aromatic carbocycles. The zero-order valence-electron chi connectivity index (χ0n) is 10.1. The van der Waals surface area contributed by atoms with Gasteiger partial charge in [-0.05, 0) is 36.4 Å². The lowest BCUT2D eigenvalue weighted by Gasteiger charge is -2.00. The highest BCUT2D eigenvalue weighted by Crippen LogP contribution is 2.37. The van der Waals surface area contributed by atoms with E-state index in [1.165, 1.54) is 17.4 Å². The summed E-state index contributed by atoms with van der Waals surface area (Å²) in [5, 5.41) is 11.2. The number of aromatic nitrogens is 1. The summed E-state index contributed by atoms with van der Waals surface area (Å²) < 4.78 is 6.21. The van der Waals surface area contributed by atoms with Crippen molar-refractivity contribution in [1.29, 1.82) is 0 Å². The van der Waals surface area contributed by atoms with Crippen LogP contribution in [0.4, 0.5) is 0 Å². The highest BCUT2D eigenvalue weighted by atomic mass is 35.5. The first-order valence-corrected chi connectivity index (χ1v) is 6.80. The number of nitrogens with zero attached hydrogens (tertiary/aromatic N) is 1. The van der Waals surface area contributed by atoms with Crippen molar-refractivity contribution >= 4 is 33.2 Å². The summed E-state index contributed by atoms with van der Waals surface area (Å²) in [5.41, 5.74) is 1.57. The molecule has 0 spiro atoms. The largest absolute Gasteiger partial charge is 0.507 e. The molecule has 0 unspecified atom stereocenters. The minimum Gasteiger partial charge on any atom is -0.507 e. The van der Waals surface area contributed by atoms with E-state index in [9.17, 15) is 5.11 Å². The maximum atomic E-state index is 9.93. The van der Waals surface area contributed by atoms with Crippen LogP contribution in [0.2, 0.25) is 5.02 Å². The molecule has 0 fully saturated rings. The second-order valence-electron chi connectivity index (χ2n) is 4.01. The number of methoxy groups -OCH3 is 1. The molecule has 96 valence electrons. The molecule has 3 nitrogen and oxygen atoms in total. The van der Waals surface area contributed by atoms with E-state index in [0.29, 0.717) is 10.6 Å². The molecule has 1 aromatic heterocycles. The van der Waals surface area contributed by atoms with E-state index < -0.39 is 0 Å². The number of aromatic hydroxyl groups is 1. The van der Waals surface area contributed by atoms with Gasteiger partial charge in [0, 0.05) is 5.02 Å². The maximum Gasteiger partial charge on any atom is 0.128 e. The van der Waals surface area contributed by atoms with Crippen LogP contribution in [0.3, 0.4) is 0 Å². The highest BCUT2D eigenvalue weighted by molar-refractivity contribution is 7.21. The lowest BCUT2D eigenvalue weighted by molar-refractivity contribution is 0.415. The fourth-order valence-electron chi connectivity index (χ4n) is 1.83. The molecule has 3 aromatic rings. The predicted molar refractivity (Wildman–Crippen MR) is 78.3 cm³/mol. The molecule has 5 heteroatoms. The monoisotopic (exact) mass is 291 g/mol. The SMILES string of the molecule is COc1ccc2nc(-c3ccc(Cl)cc3O)sc2c1. The number of hydrogen-bond donors (Lipinski definition) is 1. The minimum atomic E-state index is 0.138. The van der Waals surface area contributed by atoms with Gasteiger partial charge in [0.2, 0.25) is 0 Å². The molecule has 0 aliphatic rings. The summed E-state index contributed by atoms with van der Waals surface area (Å²) in [5.74, 6) is 0.932. The zero-order chi connectivity index (χ0) is 13.4. The zero-order valence-corrected chi connectivity index (χ0v) is 11.6. The first-order valence-electron chi connectivity index (χ1n) is 5.61. The minimum absolute atomic E-state index is 0.138. The number of rotatable bonds is 2. The third-order valence-electron chi connectivity index (χ3n) is 2.79. The van der Waals surface area contributed by atoms with Crippen LogP contribution in [0.5, 0.6) is 11.5 Å². The van der Waals surface area contributed by atoms with Crippen LogP contribution in [0.25, 0.3) is 20.8 Å². The average molecular weight is 292 g/mol. The van der Waals surface area contributed by atoms with Crippen LogP contribution >= 0.6 is 22.9 Å². The molecule has 3 rings (SSSR count). The standard InChI is InChI=1S/C14H10ClNO2S/c1-18-9-3-5-11-13(7-9)19-14(16-11)10-4-2-8(15)6-12(10)17/h2-7,17H,1H3. The summed E-state index contributed by atoms with van der Waals surface area (Å²) in [6.07, 6.45) is 0. The van der Waals surface area contributed by atoms with Crippen molar-refractivity contribution in [2.24, 2.45) is 0 Å². The molecule has 0 atom stereocenters. The van der Waals surface area contributed by atoms with E-state index >= 15 is 0 Å². The van der Waals surface area contributed by atoms with Crippen molar-refractivity contribution in [3.63, 3.8) is 0 Å². The number of fused-ring (bicyclic) bond motifs is 1. The highest BCUT2D eigenvalue weighted by Gasteiger charge is 2.11. The van der Waals surface area contributed by atoms with Gasteiger partial charge in [-0.1, -0.05) is 11.6 Å². The summed E-state index contributed by atoms with van der Waals surface area (Å²) in [6, 6.07) is 10.7. The van der Waals surface area contributed by atoms with Gasteiger partial charge in [0.1, 0.15) is 16.5 Å². The molecule has 0 bridgehead atoms. The molecular weight excluding hydrogens is 282 g/mol. The van der Waals surface area contributed by atoms with E-state index in [1.807, 2.05) is 18.2 Å². The number of phenols is 1. The van der Waals surface area contributed by atoms with Gasteiger partial charge in [0.05, 0.1) is 22.9 Å². The van der Waals surface area contributed by atoms with Gasteiger partial charge in [-0.15, -0.1) is 11.3 Å². The van der Waals surface area contributed by atoms with E-state index in [0.717, 1.165) is 21.0 Å². The average Bonchev–Trinajstić information content (AvgIpc) is 2.80. The van der Waals surface area contributed by atoms with Crippen LogP contribution in [0.15, 0.2) is 36.4 Å². The number of halogens is 1. The number of hydrogen-bond acceptors (Lipinski definition) is 4. The Morgan fingerprint density at radius 1 is 1.21 bits per heavy atom. The number of phenolic OH excluding ortho intramolecular Hbond substituents is 1. The predicted octanol–water partition coefficient (Wildman–Crippen LogP) is 4.33. The van der Waals surface area contributed by atoms with Gasteiger partial charge < -0.3 is 9.84 Å². The summed E-state index contributed by atoms with van der Waals surface area (Å²) in [4.78, 5) is 4.51. The molecule has 0 aliphatic carbocycles. The molecule has 0 saturated heterocycles. The molecule has 19 heavy (non-hydrogen) atoms. The topological polar surface area (TPSA) is 42.4 Å². The molecule has 0 amide bonds. The number of thiazole rings is 1. The van der Waals surface area contributed by atoms with Crippen LogP contribution in [-0.4, -0.2) is 17.2 Å². The Bertz CT molecular complexity index is 754. The lowest BCUT2D eigenvalue weighted by Crippen LogP contribution is -1.80. The van der Waals surface area contributed by atoms with Crippen molar-refractivity contribution in [2.75, 3.05) is 7.11 Å². The van der Waals surface area contributed by atoms with Gasteiger partial charge >= 0.3 is 0 Å². The van der Waals surface area contributed by atoms with Crippen molar-refractivity contribution in [3.05, 3.63) is 41.4 Å². The quantitative estimate of drug-likeness (QED) is 0.764. The lowest BCUT2D eigenvalue weighted by atomic mass is 10.2. The van der Waals surface area contributed by atoms with Gasteiger partial charge in [0.25, 0.3) is 0 Å². The van der Waals surface area contributed by atoms with Crippen molar-refractivity contribution in [1.82, 2.24) is 4.98 Å². The van der Waals surface area contributed by atoms with Gasteiger partial charge in [0.15, 0.2) is 0 Å². The van der Waals surface area contributed by atoms with E-state index in [2.05, 4.69) is 4.98 Å². The molecule has 1 heterocycles. The Labute approximate surface area is 119 Å². The van der Waals surface area contributed by atoms with Gasteiger partial charge in [-0.25, -0.2) is 4.98 Å². The fourth-order valence-corrected chi connectivity index (χ4v) is 3.03. The van der Waals surface area contributed by atoms with E-state index in [-0.39, 0.29) is 5.75 Å². The smallest absolute Gasteiger partial charge is 0.128 e. The second kappa shape index (κ2) is 4.72. The summed E-state index contributed by atoms with van der Waals surface area (Å²) in [6.45, 7) is 0. The summed E-state index contributed by atoms with van der Waals surface area (Å²) in [7, 11) is 1.63. The van der Waals surface area contributed by atoms with Crippen molar-refractivity contribution in [2.45, 2.75) is 0 Å². The van der Waals surface area contributed by atoms with Crippen molar-refractivity contribution < 1.29 is 9.84 Å². The maximum absolute atomic E-state index is 9.93. The number of ether oxygens (including phenoxy) is 1. The van der Waals surface area contributed by atoms with Gasteiger partial charge in [-0.2, -0.15) is 0 Å². The van der Waals surface area contributed by atoms with E-state index in [1.54, 1.807) is 19.2 Å². The Morgan fingerprint density at radius 2 is 2.05 bits per heavy atom. The van der Waals surface area contributed by atoms with Crippen LogP contribution in [0.1, 0.15) is 0 Å². The Morgan fingerprint density at radius 3 is 2.79 bits per heavy atom. The van der Waals surface area contributed by atoms with E-state index in [4.69, 9.17) is 16.3 Å². The Kier molecular flexibility index (Phi) is 3.05. The molecule has 0 radical (unpaired) electrons. The van der Waals surface area contributed by atoms with Gasteiger partial charge in [-0.3, -0.25) is 0 Å². The van der Waals surface area contributed by atoms with Crippen LogP contribution in [0, 0.1) is 0 Å². The Balaban J connectivity index is 2.14. The normalized spacial score (nSPS) is 10.8. The van der Waals surface area contributed by atoms with Crippen LogP contribution < -0.4 is 4.74 Å². The first-order chi connectivity index (χ1) is 9.17. The van der Waals surface area contributed by atoms with Crippen LogP contribution in [-0.2, 0) is 0 Å². The molecular formula is C14H10ClNO2S. The third-order valence-corrected chi connectivity index (χ3v) is 4.07. The first kappa shape index (κ1) is 12.3. The Hall–Kier alpha value is -1.78. The molecule has 1 N–H and O–H groups in total. The van der Waals surface area contributed by atoms with Crippen molar-refractivity contribution in [3.8, 4) is 22.1 Å². The summed E-state index contributed by atoms with van der Waals surface area (Å²) >= 11 is 7.33. The molecule has 0 aliphatic heterocycles. The second-order valence-corrected chi connectivity index (χ2v) is 5.48.